The van der Waals surface area contributed by atoms with Crippen molar-refractivity contribution in [3.05, 3.63) is 75.0 Å². The number of ketones is 2. The summed E-state index contributed by atoms with van der Waals surface area (Å²) < 4.78 is 32.2. The molecule has 214 valence electrons. The molecule has 0 aliphatic heterocycles. The van der Waals surface area contributed by atoms with Gasteiger partial charge in [-0.2, -0.15) is 0 Å². The largest absolute Gasteiger partial charge is 0.422 e. The summed E-state index contributed by atoms with van der Waals surface area (Å²) in [6.07, 6.45) is 10.8. The minimum absolute atomic E-state index is 0.0152. The Balaban J connectivity index is 1.84. The monoisotopic (exact) mass is 569 g/mol. The van der Waals surface area contributed by atoms with Crippen LogP contribution in [0.5, 0.6) is 0 Å². The Morgan fingerprint density at radius 1 is 0.850 bits per heavy atom. The molecular formula is C30H35NO8S. The van der Waals surface area contributed by atoms with E-state index in [-0.39, 0.29) is 44.4 Å². The molecule has 3 rings (SSSR count). The minimum Gasteiger partial charge on any atom is -0.422 e. The molecule has 9 nitrogen and oxygen atoms in total. The van der Waals surface area contributed by atoms with Crippen molar-refractivity contribution in [2.45, 2.75) is 94.3 Å². The Hall–Kier alpha value is -3.66. The van der Waals surface area contributed by atoms with Crippen molar-refractivity contribution in [1.29, 1.82) is 0 Å². The first-order valence-electron chi connectivity index (χ1n) is 13.7. The van der Waals surface area contributed by atoms with Gasteiger partial charge in [0.05, 0.1) is 20.3 Å². The van der Waals surface area contributed by atoms with Crippen LogP contribution in [0, 0.1) is 10.1 Å². The van der Waals surface area contributed by atoms with Gasteiger partial charge in [-0.15, -0.1) is 0 Å². The van der Waals surface area contributed by atoms with Gasteiger partial charge in [0.2, 0.25) is 15.6 Å². The van der Waals surface area contributed by atoms with E-state index in [4.69, 9.17) is 4.74 Å². The van der Waals surface area contributed by atoms with E-state index < -0.39 is 32.3 Å². The van der Waals surface area contributed by atoms with E-state index in [9.17, 15) is 32.9 Å². The molecule has 0 unspecified atom stereocenters. The van der Waals surface area contributed by atoms with Crippen LogP contribution >= 0.6 is 0 Å². The Kier molecular flexibility index (Phi) is 10.9. The number of carbonyl (C=O) groups is 3. The second kappa shape index (κ2) is 14.1. The fraction of sp³-hybridized carbons (Fsp3) is 0.433. The van der Waals surface area contributed by atoms with Crippen molar-refractivity contribution in [2.75, 3.05) is 0 Å². The molecule has 1 aliphatic rings. The summed E-state index contributed by atoms with van der Waals surface area (Å²) >= 11 is 0. The summed E-state index contributed by atoms with van der Waals surface area (Å²) in [5, 5.41) is 11.0. The summed E-state index contributed by atoms with van der Waals surface area (Å²) in [5.74, 6) is -2.52. The quantitative estimate of drug-likeness (QED) is 0.0973. The van der Waals surface area contributed by atoms with Crippen LogP contribution in [0.4, 0.5) is 5.69 Å². The zero-order valence-electron chi connectivity index (χ0n) is 22.9. The Morgan fingerprint density at radius 3 is 1.98 bits per heavy atom. The van der Waals surface area contributed by atoms with Crippen molar-refractivity contribution in [3.8, 4) is 0 Å². The molecule has 0 heterocycles. The third kappa shape index (κ3) is 7.29. The first-order chi connectivity index (χ1) is 19.1. The lowest BCUT2D eigenvalue weighted by Gasteiger charge is -2.22. The van der Waals surface area contributed by atoms with Gasteiger partial charge in [0.25, 0.3) is 5.69 Å². The first kappa shape index (κ1) is 30.9. The molecule has 0 radical (unpaired) electrons. The molecule has 2 aromatic carbocycles. The van der Waals surface area contributed by atoms with Gasteiger partial charge in [0.15, 0.2) is 11.5 Å². The molecule has 0 aromatic heterocycles. The summed E-state index contributed by atoms with van der Waals surface area (Å²) in [6.45, 7) is 3.32. The van der Waals surface area contributed by atoms with Gasteiger partial charge in [-0.3, -0.25) is 24.5 Å². The van der Waals surface area contributed by atoms with Gasteiger partial charge < -0.3 is 4.74 Å². The smallest absolute Gasteiger partial charge is 0.308 e. The lowest BCUT2D eigenvalue weighted by atomic mass is 9.85. The summed E-state index contributed by atoms with van der Waals surface area (Å²) in [4.78, 5) is 48.6. The third-order valence-corrected chi connectivity index (χ3v) is 8.74. The van der Waals surface area contributed by atoms with Crippen LogP contribution in [0.2, 0.25) is 0 Å². The molecular weight excluding hydrogens is 534 g/mol. The molecule has 10 heteroatoms. The number of sulfone groups is 1. The zero-order valence-corrected chi connectivity index (χ0v) is 23.8. The molecule has 0 saturated carbocycles. The summed E-state index contributed by atoms with van der Waals surface area (Å²) in [6, 6.07) is 8.19. The van der Waals surface area contributed by atoms with Crippen LogP contribution in [0.15, 0.2) is 63.6 Å². The molecule has 40 heavy (non-hydrogen) atoms. The number of nitro benzene ring substituents is 1. The number of rotatable bonds is 15. The van der Waals surface area contributed by atoms with Crippen LogP contribution < -0.4 is 0 Å². The maximum atomic E-state index is 13.7. The molecule has 0 bridgehead atoms. The first-order valence-corrected chi connectivity index (χ1v) is 15.2. The van der Waals surface area contributed by atoms with Crippen LogP contribution in [-0.2, 0) is 19.4 Å². The molecule has 0 saturated heterocycles. The highest BCUT2D eigenvalue weighted by Gasteiger charge is 2.38. The molecule has 0 N–H and O–H groups in total. The van der Waals surface area contributed by atoms with E-state index in [1.807, 2.05) is 0 Å². The number of carbonyl (C=O) groups excluding carboxylic acids is 3. The van der Waals surface area contributed by atoms with E-state index in [1.54, 1.807) is 0 Å². The molecule has 0 amide bonds. The van der Waals surface area contributed by atoms with E-state index in [2.05, 4.69) is 6.92 Å². The number of nitrogens with zero attached hydrogens (tertiary/aromatic N) is 1. The maximum absolute atomic E-state index is 13.7. The third-order valence-electron chi connectivity index (χ3n) is 6.93. The standard InChI is InChI=1S/C30H35NO8S/c1-3-4-5-6-7-8-9-10-11-12-14-25-28(33)27-24(29(34)30(25)39-21(2)32)15-13-16-26(27)40(37,38)23-19-17-22(18-20-23)31(35)36/h13,15-20H,3-12,14H2,1-2H3. The van der Waals surface area contributed by atoms with Crippen molar-refractivity contribution >= 4 is 33.1 Å². The fourth-order valence-electron chi connectivity index (χ4n) is 4.83. The molecule has 2 aromatic rings. The van der Waals surface area contributed by atoms with Crippen LogP contribution in [0.1, 0.15) is 105 Å². The van der Waals surface area contributed by atoms with Gasteiger partial charge in [-0.05, 0) is 31.0 Å². The fourth-order valence-corrected chi connectivity index (χ4v) is 6.31. The number of fused-ring (bicyclic) bond motifs is 1. The Bertz CT molecular complexity index is 1410. The minimum atomic E-state index is -4.31. The highest BCUT2D eigenvalue weighted by atomic mass is 32.2. The van der Waals surface area contributed by atoms with Crippen molar-refractivity contribution in [3.63, 3.8) is 0 Å². The van der Waals surface area contributed by atoms with Crippen LogP contribution in [0.3, 0.4) is 0 Å². The number of unbranched alkanes of at least 4 members (excludes halogenated alkanes) is 9. The summed E-state index contributed by atoms with van der Waals surface area (Å²) in [7, 11) is -4.31. The van der Waals surface area contributed by atoms with Crippen molar-refractivity contribution in [2.24, 2.45) is 0 Å². The molecule has 0 spiro atoms. The van der Waals surface area contributed by atoms with E-state index in [1.165, 1.54) is 50.3 Å². The van der Waals surface area contributed by atoms with Gasteiger partial charge in [-0.1, -0.05) is 76.8 Å². The van der Waals surface area contributed by atoms with Crippen molar-refractivity contribution in [1.82, 2.24) is 0 Å². The average molecular weight is 570 g/mol. The number of hydrogen-bond acceptors (Lipinski definition) is 8. The lowest BCUT2D eigenvalue weighted by molar-refractivity contribution is -0.384. The second-order valence-electron chi connectivity index (χ2n) is 9.92. The second-order valence-corrected chi connectivity index (χ2v) is 11.8. The highest BCUT2D eigenvalue weighted by Crippen LogP contribution is 2.36. The number of ether oxygens (including phenoxy) is 1. The van der Waals surface area contributed by atoms with Crippen LogP contribution in [0.25, 0.3) is 0 Å². The lowest BCUT2D eigenvalue weighted by Crippen LogP contribution is -2.27. The molecule has 1 aliphatic carbocycles. The Labute approximate surface area is 234 Å². The SMILES string of the molecule is CCCCCCCCCCCCC1=C(OC(C)=O)C(=O)c2cccc(S(=O)(=O)c3ccc([N+](=O)[O-])cc3)c2C1=O. The van der Waals surface area contributed by atoms with Gasteiger partial charge in [-0.25, -0.2) is 8.42 Å². The zero-order chi connectivity index (χ0) is 29.3. The number of benzene rings is 2. The van der Waals surface area contributed by atoms with E-state index >= 15 is 0 Å². The van der Waals surface area contributed by atoms with Crippen molar-refractivity contribution < 1.29 is 32.5 Å². The predicted octanol–water partition coefficient (Wildman–Crippen LogP) is 6.93. The summed E-state index contributed by atoms with van der Waals surface area (Å²) in [5.41, 5.74) is -0.744. The topological polar surface area (TPSA) is 138 Å². The Morgan fingerprint density at radius 2 is 1.43 bits per heavy atom. The molecule has 0 atom stereocenters. The van der Waals surface area contributed by atoms with Gasteiger partial charge >= 0.3 is 5.97 Å². The number of allylic oxidation sites excluding steroid dienone is 2. The van der Waals surface area contributed by atoms with E-state index in [0.29, 0.717) is 6.42 Å². The normalized spacial score (nSPS) is 13.3. The van der Waals surface area contributed by atoms with E-state index in [0.717, 1.165) is 56.9 Å². The average Bonchev–Trinajstić information content (AvgIpc) is 2.93. The van der Waals surface area contributed by atoms with Gasteiger partial charge in [0, 0.05) is 30.2 Å². The number of hydrogen-bond donors (Lipinski definition) is 0. The predicted molar refractivity (Wildman–Crippen MR) is 149 cm³/mol. The number of nitro groups is 1. The number of non-ortho nitro benzene ring substituents is 1. The maximum Gasteiger partial charge on any atom is 0.308 e. The highest BCUT2D eigenvalue weighted by molar-refractivity contribution is 7.91. The van der Waals surface area contributed by atoms with Gasteiger partial charge in [0.1, 0.15) is 0 Å². The number of esters is 1. The van der Waals surface area contributed by atoms with Crippen LogP contribution in [-0.4, -0.2) is 30.9 Å². The number of Topliss-reactive ketones (excluding diaryl/α,β-unsaturated/α-hetero) is 2. The molecule has 0 fully saturated rings.